The Morgan fingerprint density at radius 1 is 1.40 bits per heavy atom. The Bertz CT molecular complexity index is 589. The van der Waals surface area contributed by atoms with Gasteiger partial charge in [0.15, 0.2) is 0 Å². The minimum Gasteiger partial charge on any atom is -0.368 e. The topological polar surface area (TPSA) is 72.9 Å². The Morgan fingerprint density at radius 3 is 2.80 bits per heavy atom. The van der Waals surface area contributed by atoms with Gasteiger partial charge < -0.3 is 11.1 Å². The second kappa shape index (κ2) is 5.46. The van der Waals surface area contributed by atoms with Gasteiger partial charge in [-0.2, -0.15) is 5.10 Å². The van der Waals surface area contributed by atoms with Crippen LogP contribution in [0.5, 0.6) is 0 Å². The molecular weight excluding hydrogens is 252 g/mol. The molecule has 1 unspecified atom stereocenters. The Hall–Kier alpha value is -2.14. The molecule has 3 N–H and O–H groups in total. The average molecular weight is 270 g/mol. The van der Waals surface area contributed by atoms with Gasteiger partial charge in [0.2, 0.25) is 5.91 Å². The fraction of sp³-hybridized carbons (Fsp3) is 0.333. The van der Waals surface area contributed by atoms with Crippen molar-refractivity contribution in [1.82, 2.24) is 15.1 Å². The smallest absolute Gasteiger partial charge is 0.239 e. The van der Waals surface area contributed by atoms with Crippen LogP contribution in [0.25, 0.3) is 5.69 Å². The largest absolute Gasteiger partial charge is 0.368 e. The van der Waals surface area contributed by atoms with Crippen LogP contribution >= 0.6 is 0 Å². The molecule has 1 atom stereocenters. The Morgan fingerprint density at radius 2 is 2.15 bits per heavy atom. The molecule has 3 rings (SSSR count). The minimum atomic E-state index is -0.465. The maximum Gasteiger partial charge on any atom is 0.239 e. The van der Waals surface area contributed by atoms with Gasteiger partial charge in [-0.1, -0.05) is 18.2 Å². The van der Waals surface area contributed by atoms with Gasteiger partial charge in [0.25, 0.3) is 0 Å². The predicted octanol–water partition coefficient (Wildman–Crippen LogP) is 1.40. The number of rotatable bonds is 6. The minimum absolute atomic E-state index is 0.363. The number of hydrogen-bond donors (Lipinski definition) is 2. The van der Waals surface area contributed by atoms with Crippen molar-refractivity contribution in [2.45, 2.75) is 18.9 Å². The van der Waals surface area contributed by atoms with Gasteiger partial charge in [0.1, 0.15) is 6.04 Å². The van der Waals surface area contributed by atoms with Gasteiger partial charge in [-0.25, -0.2) is 4.68 Å². The normalized spacial score (nSPS) is 16.0. The summed E-state index contributed by atoms with van der Waals surface area (Å²) >= 11 is 0. The standard InChI is InChI=1S/C15H18N4O/c16-15(20)14(17-8-11-6-7-11)12-9-18-19(10-12)13-4-2-1-3-5-13/h1-5,9-11,14,17H,6-8H2,(H2,16,20). The Labute approximate surface area is 117 Å². The lowest BCUT2D eigenvalue weighted by atomic mass is 10.1. The van der Waals surface area contributed by atoms with Crippen molar-refractivity contribution in [3.8, 4) is 5.69 Å². The number of aromatic nitrogens is 2. The molecular formula is C15H18N4O. The molecule has 1 fully saturated rings. The molecule has 1 aliphatic rings. The molecule has 20 heavy (non-hydrogen) atoms. The third kappa shape index (κ3) is 2.88. The van der Waals surface area contributed by atoms with Crippen LogP contribution in [0.3, 0.4) is 0 Å². The lowest BCUT2D eigenvalue weighted by Gasteiger charge is -2.13. The van der Waals surface area contributed by atoms with E-state index in [1.54, 1.807) is 10.9 Å². The van der Waals surface area contributed by atoms with Gasteiger partial charge in [0.05, 0.1) is 11.9 Å². The summed E-state index contributed by atoms with van der Waals surface area (Å²) in [5, 5.41) is 7.54. The number of nitrogens with zero attached hydrogens (tertiary/aromatic N) is 2. The first kappa shape index (κ1) is 12.9. The second-order valence-electron chi connectivity index (χ2n) is 5.24. The fourth-order valence-electron chi connectivity index (χ4n) is 2.20. The van der Waals surface area contributed by atoms with Crippen LogP contribution in [0.2, 0.25) is 0 Å². The summed E-state index contributed by atoms with van der Waals surface area (Å²) in [7, 11) is 0. The number of amides is 1. The highest BCUT2D eigenvalue weighted by atomic mass is 16.1. The van der Waals surface area contributed by atoms with Gasteiger partial charge in [0, 0.05) is 11.8 Å². The molecule has 0 spiro atoms. The summed E-state index contributed by atoms with van der Waals surface area (Å²) in [6.07, 6.45) is 6.02. The zero-order valence-electron chi connectivity index (χ0n) is 11.2. The highest BCUT2D eigenvalue weighted by Gasteiger charge is 2.25. The zero-order chi connectivity index (χ0) is 13.9. The lowest BCUT2D eigenvalue weighted by molar-refractivity contribution is -0.120. The van der Waals surface area contributed by atoms with E-state index in [2.05, 4.69) is 10.4 Å². The van der Waals surface area contributed by atoms with Crippen molar-refractivity contribution >= 4 is 5.91 Å². The van der Waals surface area contributed by atoms with E-state index in [-0.39, 0.29) is 5.91 Å². The van der Waals surface area contributed by atoms with Gasteiger partial charge >= 0.3 is 0 Å². The highest BCUT2D eigenvalue weighted by molar-refractivity contribution is 5.81. The zero-order valence-corrected chi connectivity index (χ0v) is 11.2. The van der Waals surface area contributed by atoms with Crippen molar-refractivity contribution in [2.24, 2.45) is 11.7 Å². The summed E-state index contributed by atoms with van der Waals surface area (Å²) in [6, 6.07) is 9.33. The van der Waals surface area contributed by atoms with E-state index in [4.69, 9.17) is 5.73 Å². The number of hydrogen-bond acceptors (Lipinski definition) is 3. The van der Waals surface area contributed by atoms with Crippen LogP contribution in [0.1, 0.15) is 24.4 Å². The lowest BCUT2D eigenvalue weighted by Crippen LogP contribution is -2.34. The van der Waals surface area contributed by atoms with Crippen LogP contribution in [0, 0.1) is 5.92 Å². The van der Waals surface area contributed by atoms with Crippen LogP contribution in [-0.4, -0.2) is 22.2 Å². The van der Waals surface area contributed by atoms with E-state index in [1.165, 1.54) is 12.8 Å². The number of benzene rings is 1. The van der Waals surface area contributed by atoms with Crippen molar-refractivity contribution in [3.63, 3.8) is 0 Å². The first-order valence-corrected chi connectivity index (χ1v) is 6.87. The van der Waals surface area contributed by atoms with E-state index in [1.807, 2.05) is 36.5 Å². The molecule has 1 aromatic carbocycles. The summed E-state index contributed by atoms with van der Waals surface area (Å²) in [5.74, 6) is 0.333. The molecule has 1 heterocycles. The van der Waals surface area contributed by atoms with Gasteiger partial charge in [-0.3, -0.25) is 4.79 Å². The third-order valence-electron chi connectivity index (χ3n) is 3.55. The van der Waals surface area contributed by atoms with E-state index in [0.29, 0.717) is 5.92 Å². The summed E-state index contributed by atoms with van der Waals surface area (Å²) in [5.41, 5.74) is 7.25. The highest BCUT2D eigenvalue weighted by Crippen LogP contribution is 2.28. The first-order chi connectivity index (χ1) is 9.74. The van der Waals surface area contributed by atoms with E-state index in [0.717, 1.165) is 17.8 Å². The number of primary amides is 1. The van der Waals surface area contributed by atoms with Crippen LogP contribution in [-0.2, 0) is 4.79 Å². The van der Waals surface area contributed by atoms with E-state index in [9.17, 15) is 4.79 Å². The Kier molecular flexibility index (Phi) is 3.52. The second-order valence-corrected chi connectivity index (χ2v) is 5.24. The molecule has 1 saturated carbocycles. The quantitative estimate of drug-likeness (QED) is 0.833. The van der Waals surface area contributed by atoms with E-state index >= 15 is 0 Å². The molecule has 0 saturated heterocycles. The monoisotopic (exact) mass is 270 g/mol. The van der Waals surface area contributed by atoms with Crippen LogP contribution < -0.4 is 11.1 Å². The van der Waals surface area contributed by atoms with E-state index < -0.39 is 6.04 Å². The molecule has 0 bridgehead atoms. The Balaban J connectivity index is 1.77. The van der Waals surface area contributed by atoms with Crippen molar-refractivity contribution < 1.29 is 4.79 Å². The molecule has 1 amide bonds. The maximum atomic E-state index is 11.6. The number of carbonyl (C=O) groups excluding carboxylic acids is 1. The van der Waals surface area contributed by atoms with Crippen molar-refractivity contribution in [1.29, 1.82) is 0 Å². The summed E-state index contributed by atoms with van der Waals surface area (Å²) in [6.45, 7) is 0.837. The molecule has 0 aliphatic heterocycles. The fourth-order valence-corrected chi connectivity index (χ4v) is 2.20. The summed E-state index contributed by atoms with van der Waals surface area (Å²) < 4.78 is 1.75. The predicted molar refractivity (Wildman–Crippen MR) is 76.2 cm³/mol. The maximum absolute atomic E-state index is 11.6. The number of nitrogens with one attached hydrogen (secondary N) is 1. The SMILES string of the molecule is NC(=O)C(NCC1CC1)c1cnn(-c2ccccc2)c1. The van der Waals surface area contributed by atoms with Crippen LogP contribution in [0.15, 0.2) is 42.7 Å². The molecule has 0 radical (unpaired) electrons. The molecule has 1 aromatic heterocycles. The molecule has 5 heteroatoms. The molecule has 2 aromatic rings. The number of para-hydroxylation sites is 1. The summed E-state index contributed by atoms with van der Waals surface area (Å²) in [4.78, 5) is 11.6. The number of carbonyl (C=O) groups is 1. The van der Waals surface area contributed by atoms with Gasteiger partial charge in [-0.15, -0.1) is 0 Å². The van der Waals surface area contributed by atoms with Crippen molar-refractivity contribution in [3.05, 3.63) is 48.3 Å². The molecule has 1 aliphatic carbocycles. The van der Waals surface area contributed by atoms with Crippen molar-refractivity contribution in [2.75, 3.05) is 6.54 Å². The number of nitrogens with two attached hydrogens (primary N) is 1. The molecule has 104 valence electrons. The first-order valence-electron chi connectivity index (χ1n) is 6.87. The average Bonchev–Trinajstić information content (AvgIpc) is 3.15. The third-order valence-corrected chi connectivity index (χ3v) is 3.55. The molecule has 5 nitrogen and oxygen atoms in total. The van der Waals surface area contributed by atoms with Crippen LogP contribution in [0.4, 0.5) is 0 Å². The van der Waals surface area contributed by atoms with Gasteiger partial charge in [-0.05, 0) is 37.4 Å².